The highest BCUT2D eigenvalue weighted by atomic mass is 35.5. The van der Waals surface area contributed by atoms with Crippen LogP contribution >= 0.6 is 11.6 Å². The zero-order valence-corrected chi connectivity index (χ0v) is 11.9. The van der Waals surface area contributed by atoms with E-state index in [0.717, 1.165) is 24.3 Å². The topological polar surface area (TPSA) is 60.0 Å². The van der Waals surface area contributed by atoms with Crippen LogP contribution in [-0.4, -0.2) is 40.3 Å². The second-order valence-electron chi connectivity index (χ2n) is 4.69. The van der Waals surface area contributed by atoms with Crippen molar-refractivity contribution in [2.75, 3.05) is 26.4 Å². The van der Waals surface area contributed by atoms with Crippen LogP contribution in [0, 0.1) is 0 Å². The van der Waals surface area contributed by atoms with Gasteiger partial charge in [0.25, 0.3) is 0 Å². The zero-order valence-electron chi connectivity index (χ0n) is 11.2. The normalized spacial score (nSPS) is 11.2. The Morgan fingerprint density at radius 1 is 1.42 bits per heavy atom. The summed E-state index contributed by atoms with van der Waals surface area (Å²) >= 11 is 6.20. The van der Waals surface area contributed by atoms with Crippen molar-refractivity contribution >= 4 is 17.4 Å². The van der Waals surface area contributed by atoms with Gasteiger partial charge in [0.05, 0.1) is 23.5 Å². The van der Waals surface area contributed by atoms with E-state index in [4.69, 9.17) is 17.3 Å². The molecule has 0 aromatic carbocycles. The van der Waals surface area contributed by atoms with Crippen molar-refractivity contribution in [3.63, 3.8) is 0 Å². The van der Waals surface area contributed by atoms with Crippen molar-refractivity contribution in [3.8, 4) is 0 Å². The van der Waals surface area contributed by atoms with Crippen LogP contribution in [0.2, 0.25) is 5.02 Å². The van der Waals surface area contributed by atoms with Gasteiger partial charge in [-0.3, -0.25) is 4.68 Å². The molecule has 19 heavy (non-hydrogen) atoms. The number of rotatable bonds is 5. The highest BCUT2D eigenvalue weighted by Crippen LogP contribution is 2.21. The van der Waals surface area contributed by atoms with E-state index in [0.29, 0.717) is 17.3 Å². The number of nitrogens with two attached hydrogens (primary N) is 1. The van der Waals surface area contributed by atoms with Crippen LogP contribution in [0.3, 0.4) is 0 Å². The van der Waals surface area contributed by atoms with Gasteiger partial charge in [-0.15, -0.1) is 0 Å². The first-order chi connectivity index (χ1) is 9.08. The number of nitrogens with zero attached hydrogens (tertiary/aromatic N) is 4. The lowest BCUT2D eigenvalue weighted by Gasteiger charge is -2.12. The number of likely N-dealkylation sites (N-methyl/N-ethyl adjacent to an activating group) is 1. The summed E-state index contributed by atoms with van der Waals surface area (Å²) in [5, 5.41) is 4.98. The number of hydrogen-bond acceptors (Lipinski definition) is 4. The Morgan fingerprint density at radius 3 is 2.89 bits per heavy atom. The molecule has 2 aromatic rings. The number of pyridine rings is 1. The maximum atomic E-state index is 6.20. The number of nitrogen functional groups attached to an aromatic ring is 1. The standard InChI is InChI=1S/C13H18ClN5/c1-18(2)6-7-19-12(11(14)9-17-19)8-10-4-3-5-16-13(10)15/h3-5,9H,6-8H2,1-2H3,(H2,15,16). The molecule has 0 amide bonds. The maximum absolute atomic E-state index is 6.20. The minimum absolute atomic E-state index is 0.541. The molecule has 6 heteroatoms. The van der Waals surface area contributed by atoms with Crippen LogP contribution in [0.1, 0.15) is 11.3 Å². The van der Waals surface area contributed by atoms with Gasteiger partial charge < -0.3 is 10.6 Å². The fourth-order valence-corrected chi connectivity index (χ4v) is 2.04. The van der Waals surface area contributed by atoms with Crippen molar-refractivity contribution in [1.82, 2.24) is 19.7 Å². The van der Waals surface area contributed by atoms with Crippen LogP contribution in [0.15, 0.2) is 24.5 Å². The second kappa shape index (κ2) is 6.04. The quantitative estimate of drug-likeness (QED) is 0.904. The van der Waals surface area contributed by atoms with Crippen molar-refractivity contribution in [2.45, 2.75) is 13.0 Å². The molecule has 2 N–H and O–H groups in total. The number of aromatic nitrogens is 3. The summed E-state index contributed by atoms with van der Waals surface area (Å²) in [6.45, 7) is 1.71. The van der Waals surface area contributed by atoms with E-state index in [9.17, 15) is 0 Å². The Labute approximate surface area is 118 Å². The lowest BCUT2D eigenvalue weighted by molar-refractivity contribution is 0.370. The second-order valence-corrected chi connectivity index (χ2v) is 5.10. The molecular weight excluding hydrogens is 262 g/mol. The summed E-state index contributed by atoms with van der Waals surface area (Å²) in [6, 6.07) is 3.84. The Balaban J connectivity index is 2.20. The Morgan fingerprint density at radius 2 is 2.21 bits per heavy atom. The molecule has 0 radical (unpaired) electrons. The summed E-state index contributed by atoms with van der Waals surface area (Å²) in [5.41, 5.74) is 7.81. The van der Waals surface area contributed by atoms with Gasteiger partial charge in [0.2, 0.25) is 0 Å². The van der Waals surface area contributed by atoms with Crippen LogP contribution in [0.25, 0.3) is 0 Å². The Bertz CT molecular complexity index is 550. The van der Waals surface area contributed by atoms with Crippen LogP contribution in [0.5, 0.6) is 0 Å². The molecule has 2 heterocycles. The van der Waals surface area contributed by atoms with Gasteiger partial charge in [0.1, 0.15) is 5.82 Å². The molecule has 0 saturated carbocycles. The molecule has 0 saturated heterocycles. The molecule has 0 spiro atoms. The predicted molar refractivity (Wildman–Crippen MR) is 77.2 cm³/mol. The molecule has 0 atom stereocenters. The highest BCUT2D eigenvalue weighted by molar-refractivity contribution is 6.31. The van der Waals surface area contributed by atoms with Gasteiger partial charge in [-0.05, 0) is 20.2 Å². The van der Waals surface area contributed by atoms with Gasteiger partial charge in [-0.1, -0.05) is 17.7 Å². The molecule has 102 valence electrons. The van der Waals surface area contributed by atoms with Crippen LogP contribution < -0.4 is 5.73 Å². The summed E-state index contributed by atoms with van der Waals surface area (Å²) in [5.74, 6) is 0.541. The minimum Gasteiger partial charge on any atom is -0.383 e. The number of halogens is 1. The van der Waals surface area contributed by atoms with Crippen LogP contribution in [-0.2, 0) is 13.0 Å². The molecular formula is C13H18ClN5. The van der Waals surface area contributed by atoms with E-state index >= 15 is 0 Å². The van der Waals surface area contributed by atoms with Crippen LogP contribution in [0.4, 0.5) is 5.82 Å². The Hall–Kier alpha value is -1.59. The van der Waals surface area contributed by atoms with E-state index in [1.807, 2.05) is 30.9 Å². The van der Waals surface area contributed by atoms with E-state index in [1.165, 1.54) is 0 Å². The average Bonchev–Trinajstić information content (AvgIpc) is 2.71. The minimum atomic E-state index is 0.541. The van der Waals surface area contributed by atoms with Gasteiger partial charge in [-0.2, -0.15) is 5.10 Å². The van der Waals surface area contributed by atoms with Crippen molar-refractivity contribution in [2.24, 2.45) is 0 Å². The predicted octanol–water partition coefficient (Wildman–Crippen LogP) is 1.67. The van der Waals surface area contributed by atoms with Crippen molar-refractivity contribution in [1.29, 1.82) is 0 Å². The Kier molecular flexibility index (Phi) is 4.39. The third-order valence-electron chi connectivity index (χ3n) is 2.94. The smallest absolute Gasteiger partial charge is 0.126 e. The molecule has 5 nitrogen and oxygen atoms in total. The van der Waals surface area contributed by atoms with E-state index in [-0.39, 0.29) is 0 Å². The van der Waals surface area contributed by atoms with E-state index < -0.39 is 0 Å². The lowest BCUT2D eigenvalue weighted by atomic mass is 10.1. The largest absolute Gasteiger partial charge is 0.383 e. The van der Waals surface area contributed by atoms with Gasteiger partial charge in [0.15, 0.2) is 0 Å². The van der Waals surface area contributed by atoms with Gasteiger partial charge in [-0.25, -0.2) is 4.98 Å². The summed E-state index contributed by atoms with van der Waals surface area (Å²) in [7, 11) is 4.06. The SMILES string of the molecule is CN(C)CCn1ncc(Cl)c1Cc1cccnc1N. The maximum Gasteiger partial charge on any atom is 0.126 e. The first-order valence-corrected chi connectivity index (χ1v) is 6.50. The zero-order chi connectivity index (χ0) is 13.8. The molecule has 2 aromatic heterocycles. The molecule has 0 aliphatic rings. The third kappa shape index (κ3) is 3.45. The number of anilines is 1. The first kappa shape index (κ1) is 13.8. The highest BCUT2D eigenvalue weighted by Gasteiger charge is 2.11. The monoisotopic (exact) mass is 279 g/mol. The summed E-state index contributed by atoms with van der Waals surface area (Å²) in [4.78, 5) is 6.20. The lowest BCUT2D eigenvalue weighted by Crippen LogP contribution is -2.20. The van der Waals surface area contributed by atoms with E-state index in [2.05, 4.69) is 15.0 Å². The van der Waals surface area contributed by atoms with E-state index in [1.54, 1.807) is 12.4 Å². The average molecular weight is 280 g/mol. The van der Waals surface area contributed by atoms with Gasteiger partial charge >= 0.3 is 0 Å². The molecule has 0 unspecified atom stereocenters. The van der Waals surface area contributed by atoms with Crippen molar-refractivity contribution in [3.05, 3.63) is 40.8 Å². The number of hydrogen-bond donors (Lipinski definition) is 1. The fourth-order valence-electron chi connectivity index (χ4n) is 1.83. The molecule has 0 aliphatic heterocycles. The summed E-state index contributed by atoms with van der Waals surface area (Å²) in [6.07, 6.45) is 4.01. The van der Waals surface area contributed by atoms with Gasteiger partial charge in [0, 0.05) is 24.7 Å². The molecule has 2 rings (SSSR count). The molecule has 0 bridgehead atoms. The molecule has 0 aliphatic carbocycles. The fraction of sp³-hybridized carbons (Fsp3) is 0.385. The third-order valence-corrected chi connectivity index (χ3v) is 3.26. The summed E-state index contributed by atoms with van der Waals surface area (Å²) < 4.78 is 1.93. The molecule has 0 fully saturated rings. The first-order valence-electron chi connectivity index (χ1n) is 6.12. The van der Waals surface area contributed by atoms with Crippen molar-refractivity contribution < 1.29 is 0 Å².